The highest BCUT2D eigenvalue weighted by Gasteiger charge is 2.34. The molecule has 2 aromatic heterocycles. The first kappa shape index (κ1) is 22.3. The molecule has 0 spiro atoms. The van der Waals surface area contributed by atoms with Gasteiger partial charge in [-0.3, -0.25) is 9.36 Å². The fourth-order valence-electron chi connectivity index (χ4n) is 3.40. The van der Waals surface area contributed by atoms with E-state index in [0.29, 0.717) is 28.7 Å². The number of aryl methyl sites for hydroxylation is 1. The summed E-state index contributed by atoms with van der Waals surface area (Å²) in [6, 6.07) is 8.08. The third kappa shape index (κ3) is 4.09. The highest BCUT2D eigenvalue weighted by molar-refractivity contribution is 7.65. The summed E-state index contributed by atoms with van der Waals surface area (Å²) in [5.41, 5.74) is 5.81. The molecule has 1 aliphatic rings. The second-order valence-electron chi connectivity index (χ2n) is 7.77. The van der Waals surface area contributed by atoms with Crippen molar-refractivity contribution in [3.8, 4) is 16.3 Å². The number of anilines is 2. The molecule has 0 aliphatic carbocycles. The highest BCUT2D eigenvalue weighted by atomic mass is 32.1. The molecule has 0 saturated heterocycles. The number of nitrogens with one attached hydrogen (secondary N) is 1. The molecular formula is C21H24N5O4PS. The maximum atomic E-state index is 13.3. The van der Waals surface area contributed by atoms with Gasteiger partial charge in [-0.05, 0) is 42.0 Å². The van der Waals surface area contributed by atoms with Crippen LogP contribution >= 0.6 is 18.9 Å². The number of amidine groups is 1. The Bertz CT molecular complexity index is 1300. The van der Waals surface area contributed by atoms with Crippen LogP contribution in [0.1, 0.15) is 32.3 Å². The summed E-state index contributed by atoms with van der Waals surface area (Å²) in [4.78, 5) is 24.5. The van der Waals surface area contributed by atoms with Gasteiger partial charge in [0, 0.05) is 12.2 Å². The van der Waals surface area contributed by atoms with Crippen molar-refractivity contribution in [2.45, 2.75) is 33.2 Å². The number of aromatic nitrogens is 2. The number of nitrogen functional groups attached to an aromatic ring is 1. The lowest BCUT2D eigenvalue weighted by Crippen LogP contribution is -2.34. The van der Waals surface area contributed by atoms with Crippen LogP contribution in [0.2, 0.25) is 0 Å². The van der Waals surface area contributed by atoms with Crippen LogP contribution in [0.3, 0.4) is 0 Å². The van der Waals surface area contributed by atoms with Crippen LogP contribution in [0.15, 0.2) is 45.3 Å². The van der Waals surface area contributed by atoms with E-state index < -0.39 is 13.1 Å². The Morgan fingerprint density at radius 1 is 1.34 bits per heavy atom. The maximum Gasteiger partial charge on any atom is 0.346 e. The average molecular weight is 473 g/mol. The topological polar surface area (TPSA) is 143 Å². The molecule has 4 rings (SSSR count). The monoisotopic (exact) mass is 473 g/mol. The van der Waals surface area contributed by atoms with Gasteiger partial charge in [0.1, 0.15) is 11.3 Å². The summed E-state index contributed by atoms with van der Waals surface area (Å²) >= 11 is 1.36. The molecule has 3 aromatic rings. The lowest BCUT2D eigenvalue weighted by Gasteiger charge is -2.23. The minimum atomic E-state index is -4.22. The zero-order valence-electron chi connectivity index (χ0n) is 17.6. The van der Waals surface area contributed by atoms with Gasteiger partial charge >= 0.3 is 7.52 Å². The Balaban J connectivity index is 1.89. The van der Waals surface area contributed by atoms with Crippen LogP contribution in [0.5, 0.6) is 5.75 Å². The largest absolute Gasteiger partial charge is 0.505 e. The van der Waals surface area contributed by atoms with Crippen LogP contribution in [0.25, 0.3) is 10.6 Å². The Morgan fingerprint density at radius 3 is 2.81 bits per heavy atom. The van der Waals surface area contributed by atoms with Crippen molar-refractivity contribution in [3.05, 3.63) is 51.6 Å². The lowest BCUT2D eigenvalue weighted by atomic mass is 10.1. The van der Waals surface area contributed by atoms with Gasteiger partial charge in [-0.1, -0.05) is 26.3 Å². The summed E-state index contributed by atoms with van der Waals surface area (Å²) in [6.07, 6.45) is 1.68. The van der Waals surface area contributed by atoms with Crippen molar-refractivity contribution in [2.24, 2.45) is 10.7 Å². The van der Waals surface area contributed by atoms with E-state index in [9.17, 15) is 19.4 Å². The molecule has 9 nitrogen and oxygen atoms in total. The minimum absolute atomic E-state index is 0.0466. The van der Waals surface area contributed by atoms with Gasteiger partial charge in [0.15, 0.2) is 11.6 Å². The van der Waals surface area contributed by atoms with Crippen molar-refractivity contribution in [2.75, 3.05) is 11.1 Å². The fourth-order valence-corrected chi connectivity index (χ4v) is 5.40. The number of hydrogen-bond donors (Lipinski definition) is 4. The molecule has 0 fully saturated rings. The molecule has 11 heteroatoms. The van der Waals surface area contributed by atoms with Crippen molar-refractivity contribution >= 4 is 41.4 Å². The van der Waals surface area contributed by atoms with E-state index in [1.54, 1.807) is 18.2 Å². The third-order valence-corrected chi connectivity index (χ3v) is 7.82. The summed E-state index contributed by atoms with van der Waals surface area (Å²) in [5, 5.41) is 20.2. The van der Waals surface area contributed by atoms with E-state index in [1.165, 1.54) is 22.1 Å². The van der Waals surface area contributed by atoms with Gasteiger partial charge in [0.25, 0.3) is 5.56 Å². The number of rotatable bonds is 6. The molecule has 1 aromatic carbocycles. The van der Waals surface area contributed by atoms with Gasteiger partial charge in [-0.15, -0.1) is 11.3 Å². The van der Waals surface area contributed by atoms with E-state index in [4.69, 9.17) is 5.73 Å². The minimum Gasteiger partial charge on any atom is -0.505 e. The van der Waals surface area contributed by atoms with Crippen LogP contribution in [-0.4, -0.2) is 25.6 Å². The number of benzene rings is 1. The summed E-state index contributed by atoms with van der Waals surface area (Å²) in [5.74, 6) is -0.179. The molecule has 2 atom stereocenters. The molecule has 32 heavy (non-hydrogen) atoms. The Morgan fingerprint density at radius 2 is 2.12 bits per heavy atom. The number of nitrogens with zero attached hydrogens (tertiary/aromatic N) is 3. The predicted molar refractivity (Wildman–Crippen MR) is 128 cm³/mol. The zero-order chi connectivity index (χ0) is 23.0. The normalized spacial score (nSPS) is 18.5. The molecule has 0 saturated carbocycles. The van der Waals surface area contributed by atoms with Gasteiger partial charge < -0.3 is 21.1 Å². The van der Waals surface area contributed by atoms with E-state index in [1.807, 2.05) is 11.4 Å². The molecule has 3 heterocycles. The Hall–Kier alpha value is -2.94. The van der Waals surface area contributed by atoms with Crippen molar-refractivity contribution in [1.82, 2.24) is 9.78 Å². The van der Waals surface area contributed by atoms with Crippen molar-refractivity contribution in [1.29, 1.82) is 0 Å². The standard InChI is InChI=1S/C21H24N5O4PS/c1-3-12(2)8-9-26-21(28)17(19(27)18(24-26)16-5-4-10-32-16)20-23-14-7-6-13(22)11-15(14)31(29,30)25-20/h4-7,10-12,27H,3,8-9,22H2,1-2H3,(H2,23,25,29,30). The zero-order valence-corrected chi connectivity index (χ0v) is 19.4. The Labute approximate surface area is 188 Å². The molecule has 168 valence electrons. The summed E-state index contributed by atoms with van der Waals surface area (Å²) in [7, 11) is -4.22. The molecule has 5 N–H and O–H groups in total. The molecule has 0 amide bonds. The number of aromatic hydroxyl groups is 1. The third-order valence-electron chi connectivity index (χ3n) is 5.48. The molecular weight excluding hydrogens is 449 g/mol. The van der Waals surface area contributed by atoms with Crippen LogP contribution in [-0.2, 0) is 11.1 Å². The predicted octanol–water partition coefficient (Wildman–Crippen LogP) is 3.38. The van der Waals surface area contributed by atoms with E-state index in [2.05, 4.69) is 29.0 Å². The number of fused-ring (bicyclic) bond motifs is 1. The average Bonchev–Trinajstić information content (AvgIpc) is 3.28. The first-order valence-electron chi connectivity index (χ1n) is 10.2. The summed E-state index contributed by atoms with van der Waals surface area (Å²) in [6.45, 7) is 4.50. The number of hydrogen-bond acceptors (Lipinski definition) is 7. The van der Waals surface area contributed by atoms with Crippen LogP contribution in [0, 0.1) is 5.92 Å². The van der Waals surface area contributed by atoms with E-state index >= 15 is 0 Å². The fraction of sp³-hybridized carbons (Fsp3) is 0.286. The van der Waals surface area contributed by atoms with Gasteiger partial charge in [0.2, 0.25) is 0 Å². The molecule has 1 aliphatic heterocycles. The van der Waals surface area contributed by atoms with Gasteiger partial charge in [-0.25, -0.2) is 4.68 Å². The summed E-state index contributed by atoms with van der Waals surface area (Å²) < 4.78 is 18.2. The smallest absolute Gasteiger partial charge is 0.346 e. The number of nitrogens with two attached hydrogens (primary N) is 1. The molecule has 0 radical (unpaired) electrons. The van der Waals surface area contributed by atoms with E-state index in [0.717, 1.165) is 12.8 Å². The second-order valence-corrected chi connectivity index (χ2v) is 10.5. The lowest BCUT2D eigenvalue weighted by molar-refractivity contribution is 0.426. The molecule has 0 bridgehead atoms. The first-order valence-corrected chi connectivity index (χ1v) is 12.7. The first-order chi connectivity index (χ1) is 15.2. The maximum absolute atomic E-state index is 13.3. The highest BCUT2D eigenvalue weighted by Crippen LogP contribution is 2.47. The van der Waals surface area contributed by atoms with Crippen LogP contribution < -0.4 is 21.9 Å². The van der Waals surface area contributed by atoms with E-state index in [-0.39, 0.29) is 28.1 Å². The van der Waals surface area contributed by atoms with Gasteiger partial charge in [-0.2, -0.15) is 9.86 Å². The number of thiophene rings is 1. The van der Waals surface area contributed by atoms with Crippen LogP contribution in [0.4, 0.5) is 11.4 Å². The quantitative estimate of drug-likeness (QED) is 0.317. The second kappa shape index (κ2) is 8.54. The SMILES string of the molecule is CCC(C)CCn1nc(-c2cccs2)c(O)c(C2=NP(=O)(O)c3cc(N)ccc3N2)c1=O. The van der Waals surface area contributed by atoms with Gasteiger partial charge in [0.05, 0.1) is 15.9 Å². The van der Waals surface area contributed by atoms with Crippen molar-refractivity contribution in [3.63, 3.8) is 0 Å². The Kier molecular flexibility index (Phi) is 5.94. The van der Waals surface area contributed by atoms with Crippen molar-refractivity contribution < 1.29 is 14.6 Å². The molecule has 2 unspecified atom stereocenters.